The van der Waals surface area contributed by atoms with Crippen LogP contribution in [0.4, 0.5) is 13.2 Å². The molecule has 3 heterocycles. The van der Waals surface area contributed by atoms with E-state index in [4.69, 9.17) is 0 Å². The fourth-order valence-corrected chi connectivity index (χ4v) is 5.69. The van der Waals surface area contributed by atoms with Gasteiger partial charge in [-0.15, -0.1) is 13.2 Å². The summed E-state index contributed by atoms with van der Waals surface area (Å²) in [4.78, 5) is 19.3. The van der Waals surface area contributed by atoms with E-state index >= 15 is 0 Å². The van der Waals surface area contributed by atoms with Crippen LogP contribution < -0.4 is 10.1 Å². The van der Waals surface area contributed by atoms with Crippen LogP contribution in [0.2, 0.25) is 0 Å². The van der Waals surface area contributed by atoms with E-state index in [1.165, 1.54) is 23.3 Å². The van der Waals surface area contributed by atoms with Gasteiger partial charge in [0.1, 0.15) is 5.75 Å². The van der Waals surface area contributed by atoms with Gasteiger partial charge in [-0.2, -0.15) is 0 Å². The van der Waals surface area contributed by atoms with Crippen LogP contribution in [0.5, 0.6) is 5.75 Å². The van der Waals surface area contributed by atoms with Crippen LogP contribution in [0.3, 0.4) is 0 Å². The van der Waals surface area contributed by atoms with Crippen LogP contribution in [-0.2, 0) is 19.5 Å². The molecular formula is C29H30F3N3O2. The van der Waals surface area contributed by atoms with Crippen molar-refractivity contribution in [1.29, 1.82) is 0 Å². The standard InChI is InChI=1S/C29H30F3N3O2/c1-19-13-23(26(22-8-11-33-12-9-22)14-21-3-2-10-34-16-21)15-24-18-35(28(36)27(19)24)17-20-4-6-25(7-5-20)37-29(30,31)32/h2-7,10,13,15-16,22,26,33H,8-9,11-12,14,17-18H2,1H3. The number of pyridine rings is 1. The van der Waals surface area contributed by atoms with Crippen LogP contribution in [0.1, 0.15) is 56.9 Å². The van der Waals surface area contributed by atoms with Crippen molar-refractivity contribution < 1.29 is 22.7 Å². The number of rotatable bonds is 7. The molecule has 5 nitrogen and oxygen atoms in total. The number of carbonyl (C=O) groups excluding carboxylic acids is 1. The summed E-state index contributed by atoms with van der Waals surface area (Å²) in [6.45, 7) is 4.82. The Morgan fingerprint density at radius 2 is 1.86 bits per heavy atom. The van der Waals surface area contributed by atoms with E-state index in [0.717, 1.165) is 54.6 Å². The largest absolute Gasteiger partial charge is 0.573 e. The van der Waals surface area contributed by atoms with Gasteiger partial charge in [0.15, 0.2) is 0 Å². The monoisotopic (exact) mass is 509 g/mol. The van der Waals surface area contributed by atoms with E-state index in [1.807, 2.05) is 19.2 Å². The van der Waals surface area contributed by atoms with Crippen molar-refractivity contribution in [3.05, 3.63) is 94.3 Å². The summed E-state index contributed by atoms with van der Waals surface area (Å²) >= 11 is 0. The molecule has 8 heteroatoms. The van der Waals surface area contributed by atoms with Gasteiger partial charge in [0.2, 0.25) is 0 Å². The minimum absolute atomic E-state index is 0.0413. The SMILES string of the molecule is Cc1cc(C(Cc2cccnc2)C2CCNCC2)cc2c1C(=O)N(Cc1ccc(OC(F)(F)F)cc1)C2. The second kappa shape index (κ2) is 10.5. The van der Waals surface area contributed by atoms with E-state index in [9.17, 15) is 18.0 Å². The zero-order chi connectivity index (χ0) is 26.0. The number of benzene rings is 2. The number of ether oxygens (including phenoxy) is 1. The fourth-order valence-electron chi connectivity index (χ4n) is 5.69. The highest BCUT2D eigenvalue weighted by Gasteiger charge is 2.33. The number of alkyl halides is 3. The number of nitrogens with one attached hydrogen (secondary N) is 1. The smallest absolute Gasteiger partial charge is 0.406 e. The molecule has 0 radical (unpaired) electrons. The third-order valence-electron chi connectivity index (χ3n) is 7.39. The first-order valence-electron chi connectivity index (χ1n) is 12.6. The van der Waals surface area contributed by atoms with Crippen molar-refractivity contribution in [3.8, 4) is 5.75 Å². The van der Waals surface area contributed by atoms with Crippen molar-refractivity contribution in [2.45, 2.75) is 51.6 Å². The molecule has 1 unspecified atom stereocenters. The predicted molar refractivity (Wildman–Crippen MR) is 134 cm³/mol. The summed E-state index contributed by atoms with van der Waals surface area (Å²) in [5.74, 6) is 0.566. The highest BCUT2D eigenvalue weighted by atomic mass is 19.4. The van der Waals surface area contributed by atoms with Gasteiger partial charge in [0.05, 0.1) is 0 Å². The molecule has 3 aromatic rings. The van der Waals surface area contributed by atoms with E-state index in [1.54, 1.807) is 23.2 Å². The lowest BCUT2D eigenvalue weighted by Gasteiger charge is -2.32. The first-order valence-corrected chi connectivity index (χ1v) is 12.6. The molecule has 1 N–H and O–H groups in total. The number of amides is 1. The van der Waals surface area contributed by atoms with Crippen LogP contribution >= 0.6 is 0 Å². The second-order valence-electron chi connectivity index (χ2n) is 9.98. The summed E-state index contributed by atoms with van der Waals surface area (Å²) in [6, 6.07) is 14.2. The average Bonchev–Trinajstić information content (AvgIpc) is 3.19. The maximum atomic E-state index is 13.3. The third kappa shape index (κ3) is 5.96. The Bertz CT molecular complexity index is 1240. The van der Waals surface area contributed by atoms with Crippen LogP contribution in [0.15, 0.2) is 60.9 Å². The summed E-state index contributed by atoms with van der Waals surface area (Å²) < 4.78 is 41.3. The lowest BCUT2D eigenvalue weighted by molar-refractivity contribution is -0.274. The molecule has 1 atom stereocenters. The minimum atomic E-state index is -4.73. The Morgan fingerprint density at radius 1 is 1.11 bits per heavy atom. The number of piperidine rings is 1. The third-order valence-corrected chi connectivity index (χ3v) is 7.39. The number of aryl methyl sites for hydroxylation is 1. The van der Waals surface area contributed by atoms with Gasteiger partial charge in [-0.3, -0.25) is 9.78 Å². The lowest BCUT2D eigenvalue weighted by atomic mass is 9.76. The summed E-state index contributed by atoms with van der Waals surface area (Å²) in [5.41, 5.74) is 5.94. The molecule has 194 valence electrons. The molecule has 2 aromatic carbocycles. The van der Waals surface area contributed by atoms with Crippen molar-refractivity contribution >= 4 is 5.91 Å². The molecule has 2 aliphatic rings. The van der Waals surface area contributed by atoms with Gasteiger partial charge in [0.25, 0.3) is 5.91 Å². The van der Waals surface area contributed by atoms with Crippen molar-refractivity contribution in [2.24, 2.45) is 5.92 Å². The number of halogens is 3. The summed E-state index contributed by atoms with van der Waals surface area (Å²) in [6.07, 6.45) is 2.12. The Morgan fingerprint density at radius 3 is 2.54 bits per heavy atom. The number of carbonyl (C=O) groups is 1. The van der Waals surface area contributed by atoms with Gasteiger partial charge < -0.3 is 15.0 Å². The van der Waals surface area contributed by atoms with Crippen LogP contribution in [0.25, 0.3) is 0 Å². The molecule has 37 heavy (non-hydrogen) atoms. The molecule has 2 aliphatic heterocycles. The first-order chi connectivity index (χ1) is 17.8. The molecule has 0 saturated carbocycles. The number of hydrogen-bond acceptors (Lipinski definition) is 4. The van der Waals surface area contributed by atoms with Gasteiger partial charge in [-0.1, -0.05) is 30.3 Å². The quantitative estimate of drug-likeness (QED) is 0.439. The van der Waals surface area contributed by atoms with Gasteiger partial charge in [-0.05, 0) is 97.1 Å². The molecule has 0 aliphatic carbocycles. The van der Waals surface area contributed by atoms with Gasteiger partial charge in [-0.25, -0.2) is 0 Å². The molecule has 1 fully saturated rings. The molecule has 1 aromatic heterocycles. The molecule has 5 rings (SSSR count). The highest BCUT2D eigenvalue weighted by molar-refractivity contribution is 5.99. The first kappa shape index (κ1) is 25.3. The topological polar surface area (TPSA) is 54.5 Å². The van der Waals surface area contributed by atoms with Crippen LogP contribution in [-0.4, -0.2) is 35.2 Å². The summed E-state index contributed by atoms with van der Waals surface area (Å²) in [5, 5.41) is 3.46. The number of nitrogens with zero attached hydrogens (tertiary/aromatic N) is 2. The molecule has 1 amide bonds. The maximum Gasteiger partial charge on any atom is 0.573 e. The predicted octanol–water partition coefficient (Wildman–Crippen LogP) is 5.77. The lowest BCUT2D eigenvalue weighted by Crippen LogP contribution is -2.31. The Kier molecular flexibility index (Phi) is 7.20. The van der Waals surface area contributed by atoms with E-state index in [-0.39, 0.29) is 11.7 Å². The Hall–Kier alpha value is -3.39. The second-order valence-corrected chi connectivity index (χ2v) is 9.98. The van der Waals surface area contributed by atoms with Crippen LogP contribution in [0, 0.1) is 12.8 Å². The van der Waals surface area contributed by atoms with Crippen molar-refractivity contribution in [1.82, 2.24) is 15.2 Å². The molecule has 1 saturated heterocycles. The summed E-state index contributed by atoms with van der Waals surface area (Å²) in [7, 11) is 0. The Labute approximate surface area is 214 Å². The number of aromatic nitrogens is 1. The van der Waals surface area contributed by atoms with Crippen molar-refractivity contribution in [2.75, 3.05) is 13.1 Å². The van der Waals surface area contributed by atoms with E-state index in [0.29, 0.717) is 24.9 Å². The normalized spacial score (nSPS) is 17.1. The molecule has 0 spiro atoms. The van der Waals surface area contributed by atoms with E-state index < -0.39 is 6.36 Å². The molecular weight excluding hydrogens is 479 g/mol. The number of hydrogen-bond donors (Lipinski definition) is 1. The van der Waals surface area contributed by atoms with Gasteiger partial charge in [0, 0.05) is 31.0 Å². The maximum absolute atomic E-state index is 13.3. The molecule has 0 bridgehead atoms. The fraction of sp³-hybridized carbons (Fsp3) is 0.379. The van der Waals surface area contributed by atoms with Crippen molar-refractivity contribution in [3.63, 3.8) is 0 Å². The zero-order valence-corrected chi connectivity index (χ0v) is 20.7. The highest BCUT2D eigenvalue weighted by Crippen LogP contribution is 2.38. The zero-order valence-electron chi connectivity index (χ0n) is 20.7. The minimum Gasteiger partial charge on any atom is -0.406 e. The van der Waals surface area contributed by atoms with Gasteiger partial charge >= 0.3 is 6.36 Å². The van der Waals surface area contributed by atoms with E-state index in [2.05, 4.69) is 33.2 Å². The average molecular weight is 510 g/mol. The number of fused-ring (bicyclic) bond motifs is 1. The Balaban J connectivity index is 1.36.